The molecule has 0 aliphatic heterocycles. The molecular weight excluding hydrogens is 188 g/mol. The van der Waals surface area contributed by atoms with Crippen LogP contribution in [0.2, 0.25) is 0 Å². The molecule has 0 atom stereocenters. The van der Waals surface area contributed by atoms with E-state index in [1.54, 1.807) is 7.05 Å². The van der Waals surface area contributed by atoms with E-state index in [9.17, 15) is 13.9 Å². The third-order valence-corrected chi connectivity index (χ3v) is 1.87. The first-order valence-corrected chi connectivity index (χ1v) is 4.29. The average molecular weight is 201 g/mol. The Balaban J connectivity index is 3.07. The van der Waals surface area contributed by atoms with Crippen LogP contribution in [0.3, 0.4) is 0 Å². The summed E-state index contributed by atoms with van der Waals surface area (Å²) >= 11 is 0. The van der Waals surface area contributed by atoms with Gasteiger partial charge in [0.05, 0.1) is 0 Å². The predicted molar refractivity (Wildman–Crippen MR) is 50.4 cm³/mol. The van der Waals surface area contributed by atoms with E-state index in [0.29, 0.717) is 12.1 Å². The van der Waals surface area contributed by atoms with Crippen molar-refractivity contribution in [3.63, 3.8) is 0 Å². The highest BCUT2D eigenvalue weighted by Crippen LogP contribution is 2.30. The Morgan fingerprint density at radius 1 is 1.36 bits per heavy atom. The van der Waals surface area contributed by atoms with Crippen LogP contribution in [0, 0.1) is 0 Å². The summed E-state index contributed by atoms with van der Waals surface area (Å²) in [5.41, 5.74) is 0.478. The van der Waals surface area contributed by atoms with E-state index in [0.717, 1.165) is 13.0 Å². The second-order valence-corrected chi connectivity index (χ2v) is 3.31. The van der Waals surface area contributed by atoms with Gasteiger partial charge in [-0.3, -0.25) is 0 Å². The van der Waals surface area contributed by atoms with E-state index in [1.807, 2.05) is 0 Å². The average Bonchev–Trinajstić information content (AvgIpc) is 2.02. The molecule has 1 aromatic rings. The molecule has 0 radical (unpaired) electrons. The van der Waals surface area contributed by atoms with E-state index in [1.165, 1.54) is 12.1 Å². The van der Waals surface area contributed by atoms with Crippen molar-refractivity contribution in [2.75, 3.05) is 7.05 Å². The molecule has 1 aromatic carbocycles. The van der Waals surface area contributed by atoms with E-state index in [4.69, 9.17) is 0 Å². The number of nitrogens with one attached hydrogen (secondary N) is 1. The molecule has 0 saturated heterocycles. The highest BCUT2D eigenvalue weighted by atomic mass is 19.3. The molecule has 4 heteroatoms. The van der Waals surface area contributed by atoms with Gasteiger partial charge < -0.3 is 10.4 Å². The van der Waals surface area contributed by atoms with Crippen molar-refractivity contribution in [2.45, 2.75) is 19.4 Å². The van der Waals surface area contributed by atoms with Crippen LogP contribution < -0.4 is 5.32 Å². The van der Waals surface area contributed by atoms with Crippen LogP contribution in [-0.2, 0) is 12.5 Å². The summed E-state index contributed by atoms with van der Waals surface area (Å²) in [6.07, 6.45) is 0. The standard InChI is InChI=1S/C10H13F2NO/c1-10(11,12)8-3-7(6-13-2)4-9(14)5-8/h3-5,13-14H,6H2,1-2H3. The van der Waals surface area contributed by atoms with Crippen LogP contribution >= 0.6 is 0 Å². The minimum Gasteiger partial charge on any atom is -0.508 e. The number of hydrogen-bond donors (Lipinski definition) is 2. The molecule has 78 valence electrons. The zero-order valence-electron chi connectivity index (χ0n) is 8.14. The van der Waals surface area contributed by atoms with Crippen molar-refractivity contribution in [1.29, 1.82) is 0 Å². The van der Waals surface area contributed by atoms with Crippen LogP contribution in [-0.4, -0.2) is 12.2 Å². The molecule has 0 aromatic heterocycles. The largest absolute Gasteiger partial charge is 0.508 e. The zero-order chi connectivity index (χ0) is 10.8. The Labute approximate surface area is 81.6 Å². The number of phenols is 1. The molecule has 1 rings (SSSR count). The molecule has 0 unspecified atom stereocenters. The van der Waals surface area contributed by atoms with Crippen LogP contribution in [0.5, 0.6) is 5.75 Å². The predicted octanol–water partition coefficient (Wildman–Crippen LogP) is 2.22. The van der Waals surface area contributed by atoms with Crippen molar-refractivity contribution < 1.29 is 13.9 Å². The summed E-state index contributed by atoms with van der Waals surface area (Å²) in [4.78, 5) is 0. The Morgan fingerprint density at radius 3 is 2.50 bits per heavy atom. The van der Waals surface area contributed by atoms with Gasteiger partial charge in [0.1, 0.15) is 5.75 Å². The van der Waals surface area contributed by atoms with Crippen LogP contribution in [0.1, 0.15) is 18.1 Å². The minimum atomic E-state index is -2.92. The summed E-state index contributed by atoms with van der Waals surface area (Å²) in [6.45, 7) is 1.27. The highest BCUT2D eigenvalue weighted by molar-refractivity contribution is 5.35. The normalized spacial score (nSPS) is 11.7. The van der Waals surface area contributed by atoms with Gasteiger partial charge >= 0.3 is 0 Å². The summed E-state index contributed by atoms with van der Waals surface area (Å²) in [5, 5.41) is 12.1. The molecule has 0 aliphatic carbocycles. The molecule has 0 aliphatic rings. The summed E-state index contributed by atoms with van der Waals surface area (Å²) in [6, 6.07) is 3.93. The van der Waals surface area contributed by atoms with Gasteiger partial charge in [0.25, 0.3) is 5.92 Å². The second-order valence-electron chi connectivity index (χ2n) is 3.31. The first-order chi connectivity index (χ1) is 6.43. The number of hydrogen-bond acceptors (Lipinski definition) is 2. The first kappa shape index (κ1) is 10.9. The fraction of sp³-hybridized carbons (Fsp3) is 0.400. The number of aromatic hydroxyl groups is 1. The Bertz CT molecular complexity index is 320. The molecule has 2 nitrogen and oxygen atoms in total. The molecule has 0 saturated carbocycles. The zero-order valence-corrected chi connectivity index (χ0v) is 8.14. The molecule has 0 heterocycles. The number of phenolic OH excluding ortho intramolecular Hbond substituents is 1. The molecule has 0 bridgehead atoms. The van der Waals surface area contributed by atoms with Gasteiger partial charge in [-0.05, 0) is 30.8 Å². The van der Waals surface area contributed by atoms with Crippen LogP contribution in [0.25, 0.3) is 0 Å². The van der Waals surface area contributed by atoms with Crippen LogP contribution in [0.15, 0.2) is 18.2 Å². The third-order valence-electron chi connectivity index (χ3n) is 1.87. The van der Waals surface area contributed by atoms with Crippen molar-refractivity contribution in [3.05, 3.63) is 29.3 Å². The fourth-order valence-corrected chi connectivity index (χ4v) is 1.23. The molecular formula is C10H13F2NO. The molecule has 0 fully saturated rings. The Morgan fingerprint density at radius 2 is 2.00 bits per heavy atom. The quantitative estimate of drug-likeness (QED) is 0.785. The number of halogens is 2. The van der Waals surface area contributed by atoms with Gasteiger partial charge in [0, 0.05) is 19.0 Å². The van der Waals surface area contributed by atoms with E-state index in [-0.39, 0.29) is 11.3 Å². The third kappa shape index (κ3) is 2.67. The van der Waals surface area contributed by atoms with Gasteiger partial charge in [-0.15, -0.1) is 0 Å². The molecule has 0 amide bonds. The number of benzene rings is 1. The fourth-order valence-electron chi connectivity index (χ4n) is 1.23. The maximum Gasteiger partial charge on any atom is 0.270 e. The van der Waals surface area contributed by atoms with Crippen molar-refractivity contribution in [1.82, 2.24) is 5.32 Å². The topological polar surface area (TPSA) is 32.3 Å². The minimum absolute atomic E-state index is 0.130. The number of rotatable bonds is 3. The van der Waals surface area contributed by atoms with E-state index < -0.39 is 5.92 Å². The SMILES string of the molecule is CNCc1cc(O)cc(C(C)(F)F)c1. The van der Waals surface area contributed by atoms with Gasteiger partial charge in [-0.1, -0.05) is 0 Å². The van der Waals surface area contributed by atoms with Gasteiger partial charge in [-0.2, -0.15) is 0 Å². The smallest absolute Gasteiger partial charge is 0.270 e. The molecule has 0 spiro atoms. The van der Waals surface area contributed by atoms with Gasteiger partial charge in [0.15, 0.2) is 0 Å². The number of alkyl halides is 2. The summed E-state index contributed by atoms with van der Waals surface area (Å²) in [5.74, 6) is -3.05. The lowest BCUT2D eigenvalue weighted by Gasteiger charge is -2.12. The molecule has 2 N–H and O–H groups in total. The van der Waals surface area contributed by atoms with Crippen LogP contribution in [0.4, 0.5) is 8.78 Å². The van der Waals surface area contributed by atoms with Crippen molar-refractivity contribution in [2.24, 2.45) is 0 Å². The maximum absolute atomic E-state index is 12.9. The van der Waals surface area contributed by atoms with Gasteiger partial charge in [-0.25, -0.2) is 8.78 Å². The van der Waals surface area contributed by atoms with Gasteiger partial charge in [0.2, 0.25) is 0 Å². The first-order valence-electron chi connectivity index (χ1n) is 4.29. The van der Waals surface area contributed by atoms with Crippen molar-refractivity contribution >= 4 is 0 Å². The van der Waals surface area contributed by atoms with E-state index in [2.05, 4.69) is 5.32 Å². The lowest BCUT2D eigenvalue weighted by Crippen LogP contribution is -2.10. The molecule has 14 heavy (non-hydrogen) atoms. The van der Waals surface area contributed by atoms with E-state index >= 15 is 0 Å². The van der Waals surface area contributed by atoms with Crippen molar-refractivity contribution in [3.8, 4) is 5.75 Å². The lowest BCUT2D eigenvalue weighted by atomic mass is 10.1. The summed E-state index contributed by atoms with van der Waals surface area (Å²) < 4.78 is 25.8. The monoisotopic (exact) mass is 201 g/mol. The maximum atomic E-state index is 12.9. The lowest BCUT2D eigenvalue weighted by molar-refractivity contribution is 0.0171. The Kier molecular flexibility index (Phi) is 3.06. The second kappa shape index (κ2) is 3.92. The summed E-state index contributed by atoms with van der Waals surface area (Å²) in [7, 11) is 1.72. The Hall–Kier alpha value is -1.16. The highest BCUT2D eigenvalue weighted by Gasteiger charge is 2.25.